The van der Waals surface area contributed by atoms with Crippen molar-refractivity contribution in [2.45, 2.75) is 6.92 Å². The van der Waals surface area contributed by atoms with Crippen LogP contribution in [0.4, 0.5) is 17.1 Å². The van der Waals surface area contributed by atoms with Gasteiger partial charge in [-0.15, -0.1) is 0 Å². The zero-order chi connectivity index (χ0) is 22.4. The van der Waals surface area contributed by atoms with Gasteiger partial charge in [-0.1, -0.05) is 12.1 Å². The average Bonchev–Trinajstić information content (AvgIpc) is 2.70. The summed E-state index contributed by atoms with van der Waals surface area (Å²) in [5, 5.41) is 23.8. The van der Waals surface area contributed by atoms with Gasteiger partial charge in [0, 0.05) is 35.7 Å². The molecule has 3 aromatic rings. The summed E-state index contributed by atoms with van der Waals surface area (Å²) in [6.45, 7) is 1.22. The molecular weight excluding hydrogens is 406 g/mol. The number of hydrogen-bond acceptors (Lipinski definition) is 6. The highest BCUT2D eigenvalue weighted by atomic mass is 16.6. The molecule has 154 valence electrons. The smallest absolute Gasteiger partial charge is 0.335 e. The lowest BCUT2D eigenvalue weighted by molar-refractivity contribution is -0.384. The van der Waals surface area contributed by atoms with Gasteiger partial charge < -0.3 is 10.4 Å². The van der Waals surface area contributed by atoms with Crippen molar-refractivity contribution in [3.8, 4) is 0 Å². The molecule has 0 radical (unpaired) electrons. The molecule has 2 N–H and O–H groups in total. The number of nitro groups is 1. The third-order valence-corrected chi connectivity index (χ3v) is 4.78. The maximum atomic E-state index is 13.3. The number of carbonyl (C=O) groups is 4. The Kier molecular flexibility index (Phi) is 4.46. The number of nitro benzene ring substituents is 1. The number of nitrogens with one attached hydrogen (secondary N) is 1. The largest absolute Gasteiger partial charge is 0.478 e. The molecular formula is C21H13N3O7. The van der Waals surface area contributed by atoms with E-state index in [4.69, 9.17) is 0 Å². The Morgan fingerprint density at radius 2 is 1.74 bits per heavy atom. The first kappa shape index (κ1) is 19.7. The van der Waals surface area contributed by atoms with Crippen LogP contribution in [0.5, 0.6) is 0 Å². The van der Waals surface area contributed by atoms with Gasteiger partial charge in [0.05, 0.1) is 21.7 Å². The minimum atomic E-state index is -1.33. The molecule has 1 heterocycles. The molecule has 3 amide bonds. The fourth-order valence-corrected chi connectivity index (χ4v) is 3.57. The number of carboxylic acid groups (broad SMARTS) is 1. The Hall–Kier alpha value is -4.60. The maximum Gasteiger partial charge on any atom is 0.335 e. The molecule has 0 atom stereocenters. The first-order chi connectivity index (χ1) is 14.7. The Morgan fingerprint density at radius 1 is 1.03 bits per heavy atom. The van der Waals surface area contributed by atoms with Gasteiger partial charge in [0.2, 0.25) is 5.91 Å². The molecule has 0 saturated carbocycles. The van der Waals surface area contributed by atoms with E-state index in [1.54, 1.807) is 6.07 Å². The topological polar surface area (TPSA) is 147 Å². The van der Waals surface area contributed by atoms with Crippen molar-refractivity contribution in [2.24, 2.45) is 0 Å². The van der Waals surface area contributed by atoms with E-state index in [0.29, 0.717) is 5.39 Å². The second-order valence-electron chi connectivity index (χ2n) is 6.85. The Morgan fingerprint density at radius 3 is 2.39 bits per heavy atom. The molecule has 4 rings (SSSR count). The van der Waals surface area contributed by atoms with E-state index in [0.717, 1.165) is 17.0 Å². The van der Waals surface area contributed by atoms with Crippen LogP contribution in [-0.4, -0.2) is 33.7 Å². The number of hydrogen-bond donors (Lipinski definition) is 2. The van der Waals surface area contributed by atoms with Gasteiger partial charge in [-0.3, -0.25) is 24.5 Å². The lowest BCUT2D eigenvalue weighted by Gasteiger charge is -2.27. The zero-order valence-corrected chi connectivity index (χ0v) is 15.9. The van der Waals surface area contributed by atoms with Gasteiger partial charge >= 0.3 is 5.97 Å². The van der Waals surface area contributed by atoms with E-state index in [2.05, 4.69) is 5.32 Å². The van der Waals surface area contributed by atoms with Crippen molar-refractivity contribution in [1.82, 2.24) is 0 Å². The molecule has 31 heavy (non-hydrogen) atoms. The number of carbonyl (C=O) groups excluding carboxylic acids is 3. The van der Waals surface area contributed by atoms with Gasteiger partial charge in [-0.2, -0.15) is 0 Å². The number of aromatic carboxylic acids is 1. The van der Waals surface area contributed by atoms with Crippen molar-refractivity contribution in [3.05, 3.63) is 75.3 Å². The Bertz CT molecular complexity index is 1350. The number of imide groups is 1. The molecule has 0 unspecified atom stereocenters. The number of carboxylic acids is 1. The quantitative estimate of drug-likeness (QED) is 0.375. The first-order valence-corrected chi connectivity index (χ1v) is 8.93. The summed E-state index contributed by atoms with van der Waals surface area (Å²) in [6, 6.07) is 10.5. The number of amides is 3. The molecule has 10 nitrogen and oxygen atoms in total. The van der Waals surface area contributed by atoms with Gasteiger partial charge in [-0.05, 0) is 29.7 Å². The van der Waals surface area contributed by atoms with Crippen LogP contribution in [0.3, 0.4) is 0 Å². The summed E-state index contributed by atoms with van der Waals surface area (Å²) in [7, 11) is 0. The summed E-state index contributed by atoms with van der Waals surface area (Å²) in [6.07, 6.45) is 0. The fourth-order valence-electron chi connectivity index (χ4n) is 3.57. The van der Waals surface area contributed by atoms with E-state index >= 15 is 0 Å². The predicted octanol–water partition coefficient (Wildman–Crippen LogP) is 3.21. The van der Waals surface area contributed by atoms with E-state index in [9.17, 15) is 34.4 Å². The van der Waals surface area contributed by atoms with Crippen molar-refractivity contribution >= 4 is 51.5 Å². The van der Waals surface area contributed by atoms with Crippen LogP contribution >= 0.6 is 0 Å². The Labute approximate surface area is 173 Å². The van der Waals surface area contributed by atoms with Crippen molar-refractivity contribution < 1.29 is 29.2 Å². The highest BCUT2D eigenvalue weighted by Gasteiger charge is 2.36. The van der Waals surface area contributed by atoms with Crippen molar-refractivity contribution in [2.75, 3.05) is 10.2 Å². The zero-order valence-electron chi connectivity index (χ0n) is 15.9. The molecule has 0 aromatic heterocycles. The SMILES string of the molecule is CC(=O)Nc1cc(C(=O)O)cc(N2C(=O)c3cccc4cc([N+](=O)[O-])cc(c34)C2=O)c1. The number of nitrogens with zero attached hydrogens (tertiary/aromatic N) is 2. The monoisotopic (exact) mass is 419 g/mol. The number of benzene rings is 3. The highest BCUT2D eigenvalue weighted by Crippen LogP contribution is 2.36. The summed E-state index contributed by atoms with van der Waals surface area (Å²) >= 11 is 0. The Balaban J connectivity index is 1.95. The molecule has 0 spiro atoms. The van der Waals surface area contributed by atoms with Crippen LogP contribution in [-0.2, 0) is 4.79 Å². The number of non-ortho nitro benzene ring substituents is 1. The standard InChI is InChI=1S/C21H13N3O7/c1-10(25)22-13-5-12(21(28)29)7-14(8-13)23-19(26)16-4-2-3-11-6-15(24(30)31)9-17(18(11)16)20(23)27/h2-9H,1H3,(H,22,25)(H,28,29). The van der Waals surface area contributed by atoms with Gasteiger partial charge in [0.25, 0.3) is 17.5 Å². The highest BCUT2D eigenvalue weighted by molar-refractivity contribution is 6.36. The van der Waals surface area contributed by atoms with Crippen LogP contribution in [0.25, 0.3) is 10.8 Å². The van der Waals surface area contributed by atoms with Crippen LogP contribution in [0.1, 0.15) is 38.0 Å². The number of rotatable bonds is 4. The van der Waals surface area contributed by atoms with E-state index in [1.807, 2.05) is 0 Å². The molecule has 0 fully saturated rings. The fraction of sp³-hybridized carbons (Fsp3) is 0.0476. The minimum absolute atomic E-state index is 0.0544. The van der Waals surface area contributed by atoms with E-state index < -0.39 is 28.6 Å². The third kappa shape index (κ3) is 3.25. The van der Waals surface area contributed by atoms with Crippen LogP contribution in [0.15, 0.2) is 48.5 Å². The molecule has 0 aliphatic carbocycles. The maximum absolute atomic E-state index is 13.3. The number of anilines is 2. The molecule has 1 aliphatic rings. The van der Waals surface area contributed by atoms with Crippen molar-refractivity contribution in [3.63, 3.8) is 0 Å². The molecule has 10 heteroatoms. The average molecular weight is 419 g/mol. The third-order valence-electron chi connectivity index (χ3n) is 4.78. The second kappa shape index (κ2) is 7.02. The second-order valence-corrected chi connectivity index (χ2v) is 6.85. The van der Waals surface area contributed by atoms with Crippen molar-refractivity contribution in [1.29, 1.82) is 0 Å². The summed E-state index contributed by atoms with van der Waals surface area (Å²) in [4.78, 5) is 60.8. The normalized spacial score (nSPS) is 12.7. The van der Waals surface area contributed by atoms with Gasteiger partial charge in [0.15, 0.2) is 0 Å². The van der Waals surface area contributed by atoms with Gasteiger partial charge in [-0.25, -0.2) is 9.69 Å². The molecule has 3 aromatic carbocycles. The summed E-state index contributed by atoms with van der Waals surface area (Å²) in [5.41, 5.74) is -0.505. The van der Waals surface area contributed by atoms with Crippen LogP contribution < -0.4 is 10.2 Å². The lowest BCUT2D eigenvalue weighted by Crippen LogP contribution is -2.40. The van der Waals surface area contributed by atoms with E-state index in [1.165, 1.54) is 37.3 Å². The minimum Gasteiger partial charge on any atom is -0.478 e. The predicted molar refractivity (Wildman–Crippen MR) is 109 cm³/mol. The summed E-state index contributed by atoms with van der Waals surface area (Å²) in [5.74, 6) is -3.36. The lowest BCUT2D eigenvalue weighted by atomic mass is 9.93. The first-order valence-electron chi connectivity index (χ1n) is 8.93. The molecule has 0 bridgehead atoms. The molecule has 0 saturated heterocycles. The van der Waals surface area contributed by atoms with E-state index in [-0.39, 0.29) is 39.1 Å². The molecule has 1 aliphatic heterocycles. The van der Waals surface area contributed by atoms with Crippen LogP contribution in [0.2, 0.25) is 0 Å². The summed E-state index contributed by atoms with van der Waals surface area (Å²) < 4.78 is 0. The van der Waals surface area contributed by atoms with Gasteiger partial charge in [0.1, 0.15) is 0 Å². The van der Waals surface area contributed by atoms with Crippen LogP contribution in [0, 0.1) is 10.1 Å².